The standard InChI is InChI=1S/C23H27N3O6.ClH/c24-20(22(28)26-16-7-12(16)8-17(26)23(29)30)13-5-14-2-3-15(6-13)25(14)21(27)11-1-4-18-19(9-11)32-10-31-18;/h1,4,9,12-17,20H,2-3,5-8,10,24H2,(H,29,30);1H/t12-,13?,14?,15?,16-,17-,20-;/m0./s1. The summed E-state index contributed by atoms with van der Waals surface area (Å²) in [5.74, 6) is 0.289. The summed E-state index contributed by atoms with van der Waals surface area (Å²) in [5.41, 5.74) is 7.02. The van der Waals surface area contributed by atoms with Crippen molar-refractivity contribution in [2.75, 3.05) is 6.79 Å². The fourth-order valence-corrected chi connectivity index (χ4v) is 6.39. The van der Waals surface area contributed by atoms with Gasteiger partial charge in [0.05, 0.1) is 6.04 Å². The number of carboxylic acids is 1. The van der Waals surface area contributed by atoms with Gasteiger partial charge >= 0.3 is 5.97 Å². The van der Waals surface area contributed by atoms with Crippen LogP contribution in [0.4, 0.5) is 0 Å². The van der Waals surface area contributed by atoms with Crippen molar-refractivity contribution in [2.24, 2.45) is 17.6 Å². The molecule has 0 aromatic heterocycles. The number of piperidine rings is 2. The number of amides is 2. The van der Waals surface area contributed by atoms with Gasteiger partial charge in [-0.2, -0.15) is 0 Å². The fourth-order valence-electron chi connectivity index (χ4n) is 6.39. The van der Waals surface area contributed by atoms with Gasteiger partial charge in [-0.05, 0) is 68.6 Å². The molecule has 6 atom stereocenters. The first-order valence-electron chi connectivity index (χ1n) is 11.4. The van der Waals surface area contributed by atoms with E-state index in [0.717, 1.165) is 19.3 Å². The molecule has 3 saturated heterocycles. The first kappa shape index (κ1) is 22.3. The van der Waals surface area contributed by atoms with Gasteiger partial charge in [-0.15, -0.1) is 12.4 Å². The summed E-state index contributed by atoms with van der Waals surface area (Å²) in [6, 6.07) is 3.91. The lowest BCUT2D eigenvalue weighted by Gasteiger charge is -2.41. The molecule has 2 unspecified atom stereocenters. The number of fused-ring (bicyclic) bond motifs is 4. The van der Waals surface area contributed by atoms with Crippen LogP contribution in [0.3, 0.4) is 0 Å². The highest BCUT2D eigenvalue weighted by Gasteiger charge is 2.57. The van der Waals surface area contributed by atoms with E-state index in [1.807, 2.05) is 4.90 Å². The van der Waals surface area contributed by atoms with E-state index in [4.69, 9.17) is 15.2 Å². The summed E-state index contributed by atoms with van der Waals surface area (Å²) >= 11 is 0. The highest BCUT2D eigenvalue weighted by molar-refractivity contribution is 5.96. The lowest BCUT2D eigenvalue weighted by molar-refractivity contribution is -0.150. The van der Waals surface area contributed by atoms with Gasteiger partial charge in [0.15, 0.2) is 11.5 Å². The molecule has 1 aliphatic carbocycles. The monoisotopic (exact) mass is 477 g/mol. The van der Waals surface area contributed by atoms with E-state index in [9.17, 15) is 19.5 Å². The van der Waals surface area contributed by atoms with Gasteiger partial charge in [0.1, 0.15) is 6.04 Å². The summed E-state index contributed by atoms with van der Waals surface area (Å²) in [6.45, 7) is 0.164. The number of carboxylic acid groups (broad SMARTS) is 1. The summed E-state index contributed by atoms with van der Waals surface area (Å²) in [6.07, 6.45) is 4.54. The van der Waals surface area contributed by atoms with Crippen LogP contribution in [0, 0.1) is 11.8 Å². The molecule has 2 bridgehead atoms. The number of benzene rings is 1. The number of carbonyl (C=O) groups is 3. The van der Waals surface area contributed by atoms with E-state index in [1.165, 1.54) is 0 Å². The topological polar surface area (TPSA) is 122 Å². The van der Waals surface area contributed by atoms with Crippen LogP contribution in [-0.2, 0) is 9.59 Å². The minimum Gasteiger partial charge on any atom is -0.480 e. The average Bonchev–Trinajstić information content (AvgIpc) is 3.10. The number of ether oxygens (including phenoxy) is 2. The maximum absolute atomic E-state index is 13.3. The number of likely N-dealkylation sites (tertiary alicyclic amines) is 1. The Bertz CT molecular complexity index is 990. The van der Waals surface area contributed by atoms with Crippen molar-refractivity contribution in [3.63, 3.8) is 0 Å². The van der Waals surface area contributed by atoms with E-state index >= 15 is 0 Å². The second kappa shape index (κ2) is 8.06. The molecule has 1 saturated carbocycles. The van der Waals surface area contributed by atoms with Crippen molar-refractivity contribution < 1.29 is 29.0 Å². The predicted molar refractivity (Wildman–Crippen MR) is 118 cm³/mol. The smallest absolute Gasteiger partial charge is 0.326 e. The van der Waals surface area contributed by atoms with Gasteiger partial charge in [0, 0.05) is 23.7 Å². The molecule has 3 N–H and O–H groups in total. The Hall–Kier alpha value is -2.52. The Morgan fingerprint density at radius 2 is 1.70 bits per heavy atom. The van der Waals surface area contributed by atoms with Crippen LogP contribution in [0.2, 0.25) is 0 Å². The molecule has 33 heavy (non-hydrogen) atoms. The van der Waals surface area contributed by atoms with Crippen LogP contribution in [0.1, 0.15) is 48.9 Å². The number of aliphatic carboxylic acids is 1. The molecule has 178 valence electrons. The van der Waals surface area contributed by atoms with Crippen LogP contribution >= 0.6 is 12.4 Å². The second-order valence-electron chi connectivity index (χ2n) is 9.82. The van der Waals surface area contributed by atoms with Crippen LogP contribution in [0.5, 0.6) is 11.5 Å². The second-order valence-corrected chi connectivity index (χ2v) is 9.82. The number of nitrogens with zero attached hydrogens (tertiary/aromatic N) is 2. The number of hydrogen-bond acceptors (Lipinski definition) is 6. The zero-order chi connectivity index (χ0) is 22.1. The molecule has 9 nitrogen and oxygen atoms in total. The summed E-state index contributed by atoms with van der Waals surface area (Å²) in [5, 5.41) is 9.52. The number of halogens is 1. The third-order valence-corrected chi connectivity index (χ3v) is 8.06. The van der Waals surface area contributed by atoms with Gasteiger partial charge in [0.2, 0.25) is 12.7 Å². The van der Waals surface area contributed by atoms with Crippen molar-refractivity contribution in [1.29, 1.82) is 0 Å². The Kier molecular flexibility index (Phi) is 5.44. The van der Waals surface area contributed by atoms with Gasteiger partial charge in [-0.1, -0.05) is 0 Å². The van der Waals surface area contributed by atoms with Crippen LogP contribution < -0.4 is 15.2 Å². The first-order valence-corrected chi connectivity index (χ1v) is 11.4. The minimum absolute atomic E-state index is 0. The Balaban J connectivity index is 0.00000228. The maximum Gasteiger partial charge on any atom is 0.326 e. The van der Waals surface area contributed by atoms with Gasteiger partial charge in [0.25, 0.3) is 5.91 Å². The van der Waals surface area contributed by atoms with E-state index in [-0.39, 0.29) is 55.1 Å². The summed E-state index contributed by atoms with van der Waals surface area (Å²) < 4.78 is 10.8. The average molecular weight is 478 g/mol. The lowest BCUT2D eigenvalue weighted by Crippen LogP contribution is -2.56. The molecule has 5 aliphatic rings. The molecule has 0 radical (unpaired) electrons. The van der Waals surface area contributed by atoms with E-state index < -0.39 is 18.1 Å². The van der Waals surface area contributed by atoms with E-state index in [2.05, 4.69) is 0 Å². The zero-order valence-electron chi connectivity index (χ0n) is 18.1. The molecular weight excluding hydrogens is 450 g/mol. The van der Waals surface area contributed by atoms with Crippen molar-refractivity contribution in [1.82, 2.24) is 9.80 Å². The molecule has 4 fully saturated rings. The minimum atomic E-state index is -0.943. The molecule has 1 aromatic carbocycles. The Morgan fingerprint density at radius 3 is 2.39 bits per heavy atom. The highest BCUT2D eigenvalue weighted by atomic mass is 35.5. The van der Waals surface area contributed by atoms with Crippen molar-refractivity contribution in [3.05, 3.63) is 23.8 Å². The summed E-state index contributed by atoms with van der Waals surface area (Å²) in [7, 11) is 0. The van der Waals surface area contributed by atoms with E-state index in [1.54, 1.807) is 23.1 Å². The molecule has 2 amide bonds. The van der Waals surface area contributed by atoms with Crippen molar-refractivity contribution in [3.8, 4) is 11.5 Å². The lowest BCUT2D eigenvalue weighted by atomic mass is 9.84. The Morgan fingerprint density at radius 1 is 1.00 bits per heavy atom. The molecule has 4 aliphatic heterocycles. The third kappa shape index (κ3) is 3.52. The quantitative estimate of drug-likeness (QED) is 0.675. The number of rotatable bonds is 4. The maximum atomic E-state index is 13.3. The zero-order valence-corrected chi connectivity index (χ0v) is 18.9. The Labute approximate surface area is 197 Å². The fraction of sp³-hybridized carbons (Fsp3) is 0.609. The molecule has 4 heterocycles. The predicted octanol–water partition coefficient (Wildman–Crippen LogP) is 1.62. The molecule has 1 aromatic rings. The van der Waals surface area contributed by atoms with Crippen molar-refractivity contribution in [2.45, 2.75) is 68.7 Å². The molecule has 6 rings (SSSR count). The van der Waals surface area contributed by atoms with E-state index in [0.29, 0.717) is 42.2 Å². The largest absolute Gasteiger partial charge is 0.480 e. The van der Waals surface area contributed by atoms with Gasteiger partial charge < -0.3 is 30.1 Å². The van der Waals surface area contributed by atoms with Crippen LogP contribution in [0.25, 0.3) is 0 Å². The SMILES string of the molecule is Cl.N[C@H](C(=O)N1[C@H](C(=O)O)C[C@@H]2C[C@@H]21)C1CC2CCC(C1)N2C(=O)c1ccc2c(c1)OCO2. The third-order valence-electron chi connectivity index (χ3n) is 8.06. The molecular formula is C23H28ClN3O6. The normalized spacial score (nSPS) is 33.8. The van der Waals surface area contributed by atoms with Crippen LogP contribution in [-0.4, -0.2) is 69.7 Å². The first-order chi connectivity index (χ1) is 15.4. The van der Waals surface area contributed by atoms with Crippen LogP contribution in [0.15, 0.2) is 18.2 Å². The van der Waals surface area contributed by atoms with Crippen molar-refractivity contribution >= 4 is 30.2 Å². The summed E-state index contributed by atoms with van der Waals surface area (Å²) in [4.78, 5) is 41.6. The molecule has 10 heteroatoms. The van der Waals surface area contributed by atoms with Gasteiger partial charge in [-0.3, -0.25) is 9.59 Å². The number of carbonyl (C=O) groups excluding carboxylic acids is 2. The number of hydrogen-bond donors (Lipinski definition) is 2. The molecule has 0 spiro atoms. The van der Waals surface area contributed by atoms with Gasteiger partial charge in [-0.25, -0.2) is 4.79 Å². The highest BCUT2D eigenvalue weighted by Crippen LogP contribution is 2.49. The number of nitrogens with two attached hydrogens (primary N) is 1.